The smallest absolute Gasteiger partial charge is 0.240 e. The number of ether oxygens (including phenoxy) is 2. The second-order valence-electron chi connectivity index (χ2n) is 3.76. The van der Waals surface area contributed by atoms with E-state index in [9.17, 15) is 4.79 Å². The monoisotopic (exact) mass is 245 g/mol. The largest absolute Gasteiger partial charge is 0.366 e. The molecule has 0 rings (SSSR count). The van der Waals surface area contributed by atoms with Crippen molar-refractivity contribution in [2.75, 3.05) is 14.2 Å². The van der Waals surface area contributed by atoms with E-state index in [4.69, 9.17) is 9.47 Å². The molecule has 0 saturated heterocycles. The summed E-state index contributed by atoms with van der Waals surface area (Å²) in [5.74, 6) is 0.0740. The van der Waals surface area contributed by atoms with Crippen molar-refractivity contribution in [2.45, 2.75) is 45.8 Å². The molecule has 1 amide bonds. The van der Waals surface area contributed by atoms with E-state index in [1.807, 2.05) is 0 Å². The lowest BCUT2D eigenvalue weighted by Gasteiger charge is -2.23. The van der Waals surface area contributed by atoms with E-state index in [2.05, 4.69) is 26.2 Å². The van der Waals surface area contributed by atoms with Crippen molar-refractivity contribution in [3.8, 4) is 0 Å². The molecule has 1 unspecified atom stereocenters. The molecule has 0 saturated carbocycles. The normalized spacial score (nSPS) is 11.6. The van der Waals surface area contributed by atoms with Crippen molar-refractivity contribution in [3.63, 3.8) is 0 Å². The number of unbranched alkanes of at least 4 members (excludes halogenated alkanes) is 1. The van der Waals surface area contributed by atoms with Gasteiger partial charge in [0.2, 0.25) is 5.91 Å². The molecule has 2 N–H and O–H groups in total. The topological polar surface area (TPSA) is 61.6 Å². The van der Waals surface area contributed by atoms with Crippen LogP contribution in [0.5, 0.6) is 0 Å². The van der Waals surface area contributed by atoms with Crippen LogP contribution in [-0.4, -0.2) is 26.4 Å². The molecule has 0 aliphatic carbocycles. The third kappa shape index (κ3) is 11.4. The Balaban J connectivity index is 0. The first-order valence-corrected chi connectivity index (χ1v) is 6.04. The zero-order valence-corrected chi connectivity index (χ0v) is 11.6. The number of methoxy groups -OCH3 is 2. The molecule has 1 atom stereocenters. The number of amides is 1. The Kier molecular flexibility index (Phi) is 14.4. The average molecular weight is 245 g/mol. The summed E-state index contributed by atoms with van der Waals surface area (Å²) < 4.78 is 10.5. The zero-order valence-electron chi connectivity index (χ0n) is 11.6. The molecule has 0 aliphatic heterocycles. The van der Waals surface area contributed by atoms with Gasteiger partial charge in [0, 0.05) is 20.1 Å². The van der Waals surface area contributed by atoms with Crippen LogP contribution in [-0.2, 0) is 14.3 Å². The summed E-state index contributed by atoms with van der Waals surface area (Å²) in [5.41, 5.74) is 4.53. The molecule has 0 aromatic heterocycles. The van der Waals surface area contributed by atoms with E-state index in [1.54, 1.807) is 14.2 Å². The van der Waals surface area contributed by atoms with Gasteiger partial charge in [-0.05, 0) is 18.9 Å². The Bertz CT molecular complexity index is 191. The maximum Gasteiger partial charge on any atom is 0.240 e. The highest BCUT2D eigenvalue weighted by Gasteiger charge is 2.17. The first-order valence-electron chi connectivity index (χ1n) is 6.04. The number of carbonyl (C=O) groups is 1. The van der Waals surface area contributed by atoms with Gasteiger partial charge >= 0.3 is 0 Å². The summed E-state index contributed by atoms with van der Waals surface area (Å²) in [6.45, 7) is 7.48. The predicted octanol–water partition coefficient (Wildman–Crippen LogP) is 2.48. The second kappa shape index (κ2) is 13.2. The van der Waals surface area contributed by atoms with Crippen molar-refractivity contribution < 1.29 is 14.3 Å². The molecule has 0 radical (unpaired) electrons. The molecule has 102 valence electrons. The summed E-state index contributed by atoms with van der Waals surface area (Å²) >= 11 is 0. The molecule has 0 heterocycles. The summed E-state index contributed by atoms with van der Waals surface area (Å²) in [6.07, 6.45) is 5.89. The lowest BCUT2D eigenvalue weighted by Crippen LogP contribution is -2.24. The van der Waals surface area contributed by atoms with E-state index < -0.39 is 5.91 Å². The minimum atomic E-state index is -0.481. The SMILES string of the molecule is C=CC(N)=O.CCCCC(CC)C(OC)OC. The summed E-state index contributed by atoms with van der Waals surface area (Å²) in [6, 6.07) is 0. The predicted molar refractivity (Wildman–Crippen MR) is 70.5 cm³/mol. The molecule has 17 heavy (non-hydrogen) atoms. The third-order valence-corrected chi connectivity index (χ3v) is 2.50. The number of rotatable bonds is 8. The first-order chi connectivity index (χ1) is 8.06. The van der Waals surface area contributed by atoms with Crippen LogP contribution in [0.25, 0.3) is 0 Å². The van der Waals surface area contributed by atoms with Gasteiger partial charge in [-0.25, -0.2) is 0 Å². The molecule has 4 nitrogen and oxygen atoms in total. The standard InChI is InChI=1S/C10H22O2.C3H5NO/c1-5-7-8-9(6-2)10(11-3)12-4;1-2-3(4)5/h9-10H,5-8H2,1-4H3;2H,1H2,(H2,4,5). The van der Waals surface area contributed by atoms with Gasteiger partial charge in [-0.1, -0.05) is 33.3 Å². The molecular weight excluding hydrogens is 218 g/mol. The lowest BCUT2D eigenvalue weighted by atomic mass is 9.99. The molecular formula is C13H27NO3. The van der Waals surface area contributed by atoms with Crippen LogP contribution in [0.4, 0.5) is 0 Å². The quantitative estimate of drug-likeness (QED) is 0.528. The van der Waals surface area contributed by atoms with Crippen LogP contribution in [0.2, 0.25) is 0 Å². The van der Waals surface area contributed by atoms with Gasteiger partial charge in [-0.15, -0.1) is 0 Å². The number of primary amides is 1. The molecule has 4 heteroatoms. The third-order valence-electron chi connectivity index (χ3n) is 2.50. The van der Waals surface area contributed by atoms with Crippen LogP contribution in [0, 0.1) is 5.92 Å². The number of nitrogens with two attached hydrogens (primary N) is 1. The summed E-state index contributed by atoms with van der Waals surface area (Å²) in [5, 5.41) is 0. The Morgan fingerprint density at radius 3 is 2.06 bits per heavy atom. The Morgan fingerprint density at radius 2 is 1.82 bits per heavy atom. The highest BCUT2D eigenvalue weighted by molar-refractivity contribution is 5.84. The second-order valence-corrected chi connectivity index (χ2v) is 3.76. The van der Waals surface area contributed by atoms with Crippen LogP contribution in [0.3, 0.4) is 0 Å². The number of hydrogen-bond acceptors (Lipinski definition) is 3. The molecule has 0 aliphatic rings. The molecule has 0 spiro atoms. The van der Waals surface area contributed by atoms with Crippen molar-refractivity contribution in [3.05, 3.63) is 12.7 Å². The molecule has 0 bridgehead atoms. The van der Waals surface area contributed by atoms with Crippen molar-refractivity contribution >= 4 is 5.91 Å². The summed E-state index contributed by atoms with van der Waals surface area (Å²) in [4.78, 5) is 9.47. The van der Waals surface area contributed by atoms with E-state index in [1.165, 1.54) is 19.3 Å². The number of carbonyl (C=O) groups excluding carboxylic acids is 1. The van der Waals surface area contributed by atoms with E-state index in [-0.39, 0.29) is 6.29 Å². The van der Waals surface area contributed by atoms with Crippen LogP contribution >= 0.6 is 0 Å². The van der Waals surface area contributed by atoms with Crippen LogP contribution in [0.1, 0.15) is 39.5 Å². The zero-order chi connectivity index (χ0) is 13.7. The number of hydrogen-bond donors (Lipinski definition) is 1. The van der Waals surface area contributed by atoms with Gasteiger partial charge < -0.3 is 15.2 Å². The molecule has 0 aromatic rings. The Morgan fingerprint density at radius 1 is 1.35 bits per heavy atom. The van der Waals surface area contributed by atoms with Gasteiger partial charge in [-0.3, -0.25) is 4.79 Å². The Hall–Kier alpha value is -0.870. The van der Waals surface area contributed by atoms with Crippen LogP contribution < -0.4 is 5.73 Å². The highest BCUT2D eigenvalue weighted by atomic mass is 16.7. The maximum absolute atomic E-state index is 9.47. The fraction of sp³-hybridized carbons (Fsp3) is 0.769. The molecule has 0 fully saturated rings. The maximum atomic E-state index is 9.47. The Labute approximate surface area is 105 Å². The van der Waals surface area contributed by atoms with Gasteiger partial charge in [-0.2, -0.15) is 0 Å². The van der Waals surface area contributed by atoms with E-state index in [0.29, 0.717) is 5.92 Å². The van der Waals surface area contributed by atoms with Gasteiger partial charge in [0.05, 0.1) is 0 Å². The van der Waals surface area contributed by atoms with Crippen LogP contribution in [0.15, 0.2) is 12.7 Å². The lowest BCUT2D eigenvalue weighted by molar-refractivity contribution is -0.139. The van der Waals surface area contributed by atoms with E-state index >= 15 is 0 Å². The van der Waals surface area contributed by atoms with E-state index in [0.717, 1.165) is 12.5 Å². The average Bonchev–Trinajstić information content (AvgIpc) is 2.35. The molecule has 0 aromatic carbocycles. The van der Waals surface area contributed by atoms with Crippen molar-refractivity contribution in [1.82, 2.24) is 0 Å². The van der Waals surface area contributed by atoms with Crippen molar-refractivity contribution in [1.29, 1.82) is 0 Å². The van der Waals surface area contributed by atoms with Gasteiger partial charge in [0.25, 0.3) is 0 Å². The highest BCUT2D eigenvalue weighted by Crippen LogP contribution is 2.19. The minimum absolute atomic E-state index is 0.0125. The van der Waals surface area contributed by atoms with Gasteiger partial charge in [0.1, 0.15) is 0 Å². The van der Waals surface area contributed by atoms with Gasteiger partial charge in [0.15, 0.2) is 6.29 Å². The fourth-order valence-electron chi connectivity index (χ4n) is 1.48. The minimum Gasteiger partial charge on any atom is -0.366 e. The van der Waals surface area contributed by atoms with Crippen molar-refractivity contribution in [2.24, 2.45) is 11.7 Å². The summed E-state index contributed by atoms with van der Waals surface area (Å²) in [7, 11) is 3.42. The first kappa shape index (κ1) is 18.5. The fourth-order valence-corrected chi connectivity index (χ4v) is 1.48.